The van der Waals surface area contributed by atoms with Gasteiger partial charge in [0.2, 0.25) is 11.8 Å². The van der Waals surface area contributed by atoms with Gasteiger partial charge < -0.3 is 20.3 Å². The van der Waals surface area contributed by atoms with Crippen molar-refractivity contribution in [2.75, 3.05) is 26.2 Å². The Morgan fingerprint density at radius 3 is 2.33 bits per heavy atom. The Kier molecular flexibility index (Phi) is 5.23. The van der Waals surface area contributed by atoms with Gasteiger partial charge in [0.05, 0.1) is 5.92 Å². The van der Waals surface area contributed by atoms with Crippen molar-refractivity contribution in [1.29, 1.82) is 0 Å². The van der Waals surface area contributed by atoms with Gasteiger partial charge in [0.1, 0.15) is 6.10 Å². The first-order valence-electron chi connectivity index (χ1n) is 10.1. The van der Waals surface area contributed by atoms with Crippen molar-refractivity contribution in [3.63, 3.8) is 0 Å². The molecule has 164 valence electrons. The highest BCUT2D eigenvalue weighted by Gasteiger charge is 2.48. The first-order valence-corrected chi connectivity index (χ1v) is 10.1. The third-order valence-electron chi connectivity index (χ3n) is 6.40. The maximum atomic E-state index is 12.6. The molecule has 1 atom stereocenters. The molecule has 2 saturated heterocycles. The highest BCUT2D eigenvalue weighted by molar-refractivity contribution is 5.80. The minimum atomic E-state index is -4.52. The second-order valence-electron chi connectivity index (χ2n) is 8.54. The van der Waals surface area contributed by atoms with Crippen LogP contribution in [0, 0.1) is 11.3 Å². The van der Waals surface area contributed by atoms with Gasteiger partial charge >= 0.3 is 12.2 Å². The fraction of sp³-hybridized carbons (Fsp3) is 0.684. The average Bonchev–Trinajstić information content (AvgIpc) is 3.17. The van der Waals surface area contributed by atoms with E-state index in [-0.39, 0.29) is 35.3 Å². The van der Waals surface area contributed by atoms with Crippen LogP contribution in [0.15, 0.2) is 12.1 Å². The molecule has 0 bridgehead atoms. The van der Waals surface area contributed by atoms with Crippen LogP contribution in [0.5, 0.6) is 5.88 Å². The smallest absolute Gasteiger partial charge is 0.435 e. The predicted molar refractivity (Wildman–Crippen MR) is 98.2 cm³/mol. The largest absolute Gasteiger partial charge is 0.473 e. The van der Waals surface area contributed by atoms with Crippen molar-refractivity contribution in [3.05, 3.63) is 17.8 Å². The van der Waals surface area contributed by atoms with Crippen molar-refractivity contribution in [3.8, 4) is 5.88 Å². The van der Waals surface area contributed by atoms with Crippen LogP contribution in [0.1, 0.15) is 37.8 Å². The van der Waals surface area contributed by atoms with E-state index >= 15 is 0 Å². The zero-order valence-electron chi connectivity index (χ0n) is 16.4. The number of urea groups is 1. The molecule has 1 aromatic rings. The molecule has 8 nitrogen and oxygen atoms in total. The number of carbonyl (C=O) groups is 2. The lowest BCUT2D eigenvalue weighted by atomic mass is 9.68. The lowest BCUT2D eigenvalue weighted by Gasteiger charge is -2.53. The molecular formula is C19H24F3N5O3. The molecule has 1 aliphatic carbocycles. The number of alkyl halides is 3. The summed E-state index contributed by atoms with van der Waals surface area (Å²) >= 11 is 0. The van der Waals surface area contributed by atoms with E-state index in [2.05, 4.69) is 10.2 Å². The molecule has 11 heteroatoms. The molecule has 2 N–H and O–H groups in total. The molecule has 0 aromatic carbocycles. The normalized spacial score (nSPS) is 24.0. The van der Waals surface area contributed by atoms with Gasteiger partial charge in [0.25, 0.3) is 0 Å². The zero-order chi connectivity index (χ0) is 21.5. The Labute approximate surface area is 171 Å². The maximum Gasteiger partial charge on any atom is 0.435 e. The number of primary amides is 1. The lowest BCUT2D eigenvalue weighted by Crippen LogP contribution is -2.62. The fourth-order valence-electron chi connectivity index (χ4n) is 4.61. The molecule has 1 aromatic heterocycles. The van der Waals surface area contributed by atoms with Crippen LogP contribution in [-0.2, 0) is 11.0 Å². The van der Waals surface area contributed by atoms with E-state index in [1.807, 2.05) is 4.90 Å². The van der Waals surface area contributed by atoms with Gasteiger partial charge in [-0.15, -0.1) is 10.2 Å². The summed E-state index contributed by atoms with van der Waals surface area (Å²) in [4.78, 5) is 27.4. The van der Waals surface area contributed by atoms with Crippen LogP contribution < -0.4 is 10.5 Å². The topological polar surface area (TPSA) is 102 Å². The van der Waals surface area contributed by atoms with Crippen molar-refractivity contribution in [2.45, 2.75) is 44.4 Å². The Morgan fingerprint density at radius 1 is 1.10 bits per heavy atom. The molecule has 0 radical (unpaired) electrons. The van der Waals surface area contributed by atoms with E-state index in [0.717, 1.165) is 31.7 Å². The number of hydrogen-bond acceptors (Lipinski definition) is 5. The highest BCUT2D eigenvalue weighted by atomic mass is 19.4. The average molecular weight is 427 g/mol. The first kappa shape index (κ1) is 20.7. The van der Waals surface area contributed by atoms with E-state index in [1.54, 1.807) is 4.90 Å². The molecule has 3 amide bonds. The number of aromatic nitrogens is 2. The van der Waals surface area contributed by atoms with E-state index < -0.39 is 11.9 Å². The predicted octanol–water partition coefficient (Wildman–Crippen LogP) is 2.05. The lowest BCUT2D eigenvalue weighted by molar-refractivity contribution is -0.141. The summed E-state index contributed by atoms with van der Waals surface area (Å²) in [5.41, 5.74) is 4.36. The van der Waals surface area contributed by atoms with Crippen molar-refractivity contribution >= 4 is 11.9 Å². The second kappa shape index (κ2) is 7.59. The summed E-state index contributed by atoms with van der Waals surface area (Å²) in [7, 11) is 0. The number of nitrogens with two attached hydrogens (primary N) is 1. The molecule has 1 spiro atoms. The van der Waals surface area contributed by atoms with Crippen molar-refractivity contribution in [1.82, 2.24) is 20.0 Å². The summed E-state index contributed by atoms with van der Waals surface area (Å²) in [5.74, 6) is -0.529. The number of carbonyl (C=O) groups excluding carboxylic acids is 2. The minimum Gasteiger partial charge on any atom is -0.473 e. The Bertz CT molecular complexity index is 801. The molecule has 3 fully saturated rings. The molecule has 1 saturated carbocycles. The first-order chi connectivity index (χ1) is 14.2. The summed E-state index contributed by atoms with van der Waals surface area (Å²) < 4.78 is 43.4. The number of ether oxygens (including phenoxy) is 1. The summed E-state index contributed by atoms with van der Waals surface area (Å²) in [6.07, 6.45) is -0.783. The molecule has 4 rings (SSSR count). The van der Waals surface area contributed by atoms with Crippen LogP contribution in [0.4, 0.5) is 18.0 Å². The van der Waals surface area contributed by atoms with Crippen LogP contribution in [0.3, 0.4) is 0 Å². The SMILES string of the molecule is NC(=O)[C@H]1CCN(C(=O)N2CC3(CCC(Oc4ccc(C(F)(F)F)nn4)CC3)C2)C1. The molecule has 3 aliphatic rings. The van der Waals surface area contributed by atoms with Crippen LogP contribution in [0.2, 0.25) is 0 Å². The molecular weight excluding hydrogens is 403 g/mol. The van der Waals surface area contributed by atoms with Gasteiger partial charge in [-0.1, -0.05) is 0 Å². The number of nitrogens with zero attached hydrogens (tertiary/aromatic N) is 4. The quantitative estimate of drug-likeness (QED) is 0.796. The monoisotopic (exact) mass is 427 g/mol. The summed E-state index contributed by atoms with van der Waals surface area (Å²) in [5, 5.41) is 6.70. The van der Waals surface area contributed by atoms with E-state index in [4.69, 9.17) is 10.5 Å². The highest BCUT2D eigenvalue weighted by Crippen LogP contribution is 2.45. The van der Waals surface area contributed by atoms with Gasteiger partial charge in [-0.25, -0.2) is 4.79 Å². The third-order valence-corrected chi connectivity index (χ3v) is 6.40. The van der Waals surface area contributed by atoms with Crippen LogP contribution >= 0.6 is 0 Å². The van der Waals surface area contributed by atoms with Gasteiger partial charge in [0.15, 0.2) is 5.69 Å². The fourth-order valence-corrected chi connectivity index (χ4v) is 4.61. The van der Waals surface area contributed by atoms with Crippen molar-refractivity contribution < 1.29 is 27.5 Å². The minimum absolute atomic E-state index is 0.0391. The molecule has 30 heavy (non-hydrogen) atoms. The second-order valence-corrected chi connectivity index (χ2v) is 8.54. The molecule has 2 aliphatic heterocycles. The van der Waals surface area contributed by atoms with Gasteiger partial charge in [-0.3, -0.25) is 4.79 Å². The summed E-state index contributed by atoms with van der Waals surface area (Å²) in [6, 6.07) is 2.02. The zero-order valence-corrected chi connectivity index (χ0v) is 16.4. The number of hydrogen-bond donors (Lipinski definition) is 1. The standard InChI is InChI=1S/C19H24F3N5O3/c20-19(21,22)14-1-2-15(25-24-14)30-13-3-6-18(7-4-13)10-27(11-18)17(29)26-8-5-12(9-26)16(23)28/h1-2,12-13H,3-11H2,(H2,23,28)/t12-/m0/s1. The van der Waals surface area contributed by atoms with E-state index in [9.17, 15) is 22.8 Å². The number of halogens is 3. The molecule has 0 unspecified atom stereocenters. The molecule has 3 heterocycles. The van der Waals surface area contributed by atoms with Gasteiger partial charge in [-0.05, 0) is 38.2 Å². The number of amides is 3. The van der Waals surface area contributed by atoms with Crippen molar-refractivity contribution in [2.24, 2.45) is 17.1 Å². The van der Waals surface area contributed by atoms with Gasteiger partial charge in [0, 0.05) is 37.7 Å². The Hall–Kier alpha value is -2.59. The van der Waals surface area contributed by atoms with Crippen LogP contribution in [-0.4, -0.2) is 64.2 Å². The van der Waals surface area contributed by atoms with Gasteiger partial charge in [-0.2, -0.15) is 13.2 Å². The number of rotatable bonds is 3. The van der Waals surface area contributed by atoms with E-state index in [0.29, 0.717) is 32.6 Å². The van der Waals surface area contributed by atoms with Crippen LogP contribution in [0.25, 0.3) is 0 Å². The Balaban J connectivity index is 1.23. The van der Waals surface area contributed by atoms with E-state index in [1.165, 1.54) is 6.07 Å². The summed E-state index contributed by atoms with van der Waals surface area (Å²) in [6.45, 7) is 2.30. The number of likely N-dealkylation sites (tertiary alicyclic amines) is 2. The third kappa shape index (κ3) is 4.15. The maximum absolute atomic E-state index is 12.6. The Morgan fingerprint density at radius 2 is 1.80 bits per heavy atom.